The van der Waals surface area contributed by atoms with Crippen LogP contribution in [0.15, 0.2) is 52.3 Å². The highest BCUT2D eigenvalue weighted by Crippen LogP contribution is 2.32. The number of nitrogens with zero attached hydrogens (tertiary/aromatic N) is 1. The summed E-state index contributed by atoms with van der Waals surface area (Å²) in [7, 11) is 1.60. The number of rotatable bonds is 4. The second kappa shape index (κ2) is 7.23. The second-order valence-electron chi connectivity index (χ2n) is 5.63. The summed E-state index contributed by atoms with van der Waals surface area (Å²) in [4.78, 5) is 16.8. The highest BCUT2D eigenvalue weighted by molar-refractivity contribution is 7.14. The average Bonchev–Trinajstić information content (AvgIpc) is 3.29. The fraction of sp³-hybridized carbons (Fsp3) is 0.0526. The van der Waals surface area contributed by atoms with Gasteiger partial charge in [-0.3, -0.25) is 10.1 Å². The predicted octanol–water partition coefficient (Wildman–Crippen LogP) is 6.12. The molecule has 8 heteroatoms. The Labute approximate surface area is 168 Å². The van der Waals surface area contributed by atoms with Crippen molar-refractivity contribution in [3.8, 4) is 17.2 Å². The third-order valence-corrected chi connectivity index (χ3v) is 5.20. The van der Waals surface area contributed by atoms with Crippen molar-refractivity contribution in [2.45, 2.75) is 0 Å². The minimum absolute atomic E-state index is 0.289. The number of hydrogen-bond donors (Lipinski definition) is 1. The molecule has 0 saturated carbocycles. The Kier molecular flexibility index (Phi) is 4.78. The topological polar surface area (TPSA) is 64.4 Å². The van der Waals surface area contributed by atoms with Crippen molar-refractivity contribution < 1.29 is 13.9 Å². The minimum atomic E-state index is -0.377. The molecule has 0 saturated heterocycles. The molecule has 0 unspecified atom stereocenters. The predicted molar refractivity (Wildman–Crippen MR) is 108 cm³/mol. The summed E-state index contributed by atoms with van der Waals surface area (Å²) >= 11 is 13.3. The maximum absolute atomic E-state index is 12.4. The molecule has 0 fully saturated rings. The van der Waals surface area contributed by atoms with Gasteiger partial charge < -0.3 is 9.15 Å². The van der Waals surface area contributed by atoms with Crippen LogP contribution >= 0.6 is 34.5 Å². The second-order valence-corrected chi connectivity index (χ2v) is 7.33. The lowest BCUT2D eigenvalue weighted by molar-refractivity contribution is 0.102. The van der Waals surface area contributed by atoms with Crippen molar-refractivity contribution in [1.29, 1.82) is 0 Å². The van der Waals surface area contributed by atoms with E-state index >= 15 is 0 Å². The lowest BCUT2D eigenvalue weighted by atomic mass is 10.2. The number of hydrogen-bond acceptors (Lipinski definition) is 5. The van der Waals surface area contributed by atoms with E-state index in [1.165, 1.54) is 17.4 Å². The number of halogens is 2. The molecule has 0 spiro atoms. The molecule has 5 nitrogen and oxygen atoms in total. The van der Waals surface area contributed by atoms with Gasteiger partial charge in [0.15, 0.2) is 10.9 Å². The third kappa shape index (κ3) is 3.64. The Bertz CT molecular complexity index is 1150. The Morgan fingerprint density at radius 2 is 2.04 bits per heavy atom. The summed E-state index contributed by atoms with van der Waals surface area (Å²) in [5.41, 5.74) is 1.62. The molecule has 0 atom stereocenters. The molecule has 0 aliphatic heterocycles. The largest absolute Gasteiger partial charge is 0.497 e. The van der Waals surface area contributed by atoms with Gasteiger partial charge in [-0.2, -0.15) is 0 Å². The van der Waals surface area contributed by atoms with Crippen LogP contribution in [0.1, 0.15) is 10.4 Å². The molecule has 1 N–H and O–H groups in total. The Morgan fingerprint density at radius 3 is 2.85 bits per heavy atom. The van der Waals surface area contributed by atoms with E-state index in [4.69, 9.17) is 32.4 Å². The number of aromatic nitrogens is 1. The summed E-state index contributed by atoms with van der Waals surface area (Å²) < 4.78 is 11.1. The molecule has 2 heterocycles. The van der Waals surface area contributed by atoms with Crippen molar-refractivity contribution in [2.75, 3.05) is 12.4 Å². The molecule has 1 amide bonds. The van der Waals surface area contributed by atoms with Gasteiger partial charge in [-0.05, 0) is 36.4 Å². The minimum Gasteiger partial charge on any atom is -0.497 e. The molecule has 2 aromatic heterocycles. The zero-order valence-corrected chi connectivity index (χ0v) is 16.3. The number of nitrogens with one attached hydrogen (secondary N) is 1. The van der Waals surface area contributed by atoms with E-state index in [1.807, 2.05) is 29.6 Å². The van der Waals surface area contributed by atoms with Crippen molar-refractivity contribution in [3.63, 3.8) is 0 Å². The number of amides is 1. The molecule has 4 rings (SSSR count). The van der Waals surface area contributed by atoms with Gasteiger partial charge in [-0.1, -0.05) is 23.2 Å². The number of thiazole rings is 1. The van der Waals surface area contributed by atoms with E-state index < -0.39 is 0 Å². The highest BCUT2D eigenvalue weighted by atomic mass is 35.5. The van der Waals surface area contributed by atoms with E-state index in [-0.39, 0.29) is 11.5 Å². The number of methoxy groups -OCH3 is 1. The molecule has 0 aliphatic carbocycles. The number of carbonyl (C=O) groups is 1. The number of anilines is 1. The van der Waals surface area contributed by atoms with E-state index in [2.05, 4.69) is 10.3 Å². The van der Waals surface area contributed by atoms with Crippen LogP contribution in [0.5, 0.6) is 5.75 Å². The maximum Gasteiger partial charge on any atom is 0.259 e. The first-order valence-corrected chi connectivity index (χ1v) is 9.47. The van der Waals surface area contributed by atoms with Crippen LogP contribution in [0.25, 0.3) is 22.4 Å². The standard InChI is InChI=1S/C19H12Cl2N2O3S/c1-25-12-4-2-10-6-17(26-16(10)8-12)15-9-27-19(22-15)23-18(24)13-7-11(20)3-5-14(13)21/h2-9H,1H3,(H,22,23,24). The number of furan rings is 1. The first-order valence-electron chi connectivity index (χ1n) is 7.83. The zero-order valence-electron chi connectivity index (χ0n) is 14.0. The van der Waals surface area contributed by atoms with Gasteiger partial charge in [0.05, 0.1) is 17.7 Å². The van der Waals surface area contributed by atoms with Gasteiger partial charge in [0, 0.05) is 21.9 Å². The van der Waals surface area contributed by atoms with Crippen LogP contribution in [-0.4, -0.2) is 18.0 Å². The Hall–Kier alpha value is -2.54. The quantitative estimate of drug-likeness (QED) is 0.433. The number of carbonyl (C=O) groups excluding carboxylic acids is 1. The summed E-state index contributed by atoms with van der Waals surface area (Å²) in [5, 5.41) is 6.67. The van der Waals surface area contributed by atoms with E-state index in [1.54, 1.807) is 19.2 Å². The number of ether oxygens (including phenoxy) is 1. The molecular formula is C19H12Cl2N2O3S. The van der Waals surface area contributed by atoms with Crippen LogP contribution in [0, 0.1) is 0 Å². The van der Waals surface area contributed by atoms with Crippen LogP contribution < -0.4 is 10.1 Å². The van der Waals surface area contributed by atoms with Crippen molar-refractivity contribution >= 4 is 56.5 Å². The monoisotopic (exact) mass is 418 g/mol. The molecule has 27 heavy (non-hydrogen) atoms. The molecule has 2 aromatic carbocycles. The fourth-order valence-electron chi connectivity index (χ4n) is 2.54. The lowest BCUT2D eigenvalue weighted by Gasteiger charge is -2.04. The number of benzene rings is 2. The van der Waals surface area contributed by atoms with Crippen molar-refractivity contribution in [2.24, 2.45) is 0 Å². The zero-order chi connectivity index (χ0) is 19.0. The maximum atomic E-state index is 12.4. The molecule has 0 radical (unpaired) electrons. The van der Waals surface area contributed by atoms with E-state index in [0.29, 0.717) is 38.0 Å². The molecule has 0 bridgehead atoms. The van der Waals surface area contributed by atoms with E-state index in [0.717, 1.165) is 5.39 Å². The van der Waals surface area contributed by atoms with Gasteiger partial charge in [0.25, 0.3) is 5.91 Å². The summed E-state index contributed by atoms with van der Waals surface area (Å²) in [6.07, 6.45) is 0. The summed E-state index contributed by atoms with van der Waals surface area (Å²) in [6.45, 7) is 0. The molecule has 0 aliphatic rings. The SMILES string of the molecule is COc1ccc2cc(-c3csc(NC(=O)c4cc(Cl)ccc4Cl)n3)oc2c1. The fourth-order valence-corrected chi connectivity index (χ4v) is 3.62. The summed E-state index contributed by atoms with van der Waals surface area (Å²) in [5.74, 6) is 0.946. The van der Waals surface area contributed by atoms with Gasteiger partial charge >= 0.3 is 0 Å². The summed E-state index contributed by atoms with van der Waals surface area (Å²) in [6, 6.07) is 12.2. The van der Waals surface area contributed by atoms with Gasteiger partial charge in [0.2, 0.25) is 0 Å². The van der Waals surface area contributed by atoms with E-state index in [9.17, 15) is 4.79 Å². The number of fused-ring (bicyclic) bond motifs is 1. The lowest BCUT2D eigenvalue weighted by Crippen LogP contribution is -2.12. The van der Waals surface area contributed by atoms with Crippen LogP contribution in [0.2, 0.25) is 10.0 Å². The normalized spacial score (nSPS) is 10.9. The average molecular weight is 419 g/mol. The van der Waals surface area contributed by atoms with Gasteiger partial charge in [-0.15, -0.1) is 11.3 Å². The van der Waals surface area contributed by atoms with Crippen molar-refractivity contribution in [1.82, 2.24) is 4.98 Å². The third-order valence-electron chi connectivity index (χ3n) is 3.88. The van der Waals surface area contributed by atoms with Gasteiger partial charge in [-0.25, -0.2) is 4.98 Å². The first-order chi connectivity index (χ1) is 13.0. The van der Waals surface area contributed by atoms with Crippen LogP contribution in [0.3, 0.4) is 0 Å². The van der Waals surface area contributed by atoms with Crippen LogP contribution in [-0.2, 0) is 0 Å². The first kappa shape index (κ1) is 17.9. The van der Waals surface area contributed by atoms with Gasteiger partial charge in [0.1, 0.15) is 17.0 Å². The molecule has 136 valence electrons. The Morgan fingerprint density at radius 1 is 1.19 bits per heavy atom. The smallest absolute Gasteiger partial charge is 0.259 e. The van der Waals surface area contributed by atoms with Crippen molar-refractivity contribution in [3.05, 3.63) is 63.5 Å². The highest BCUT2D eigenvalue weighted by Gasteiger charge is 2.15. The Balaban J connectivity index is 1.58. The molecule has 4 aromatic rings. The molecular weight excluding hydrogens is 407 g/mol. The van der Waals surface area contributed by atoms with Crippen LogP contribution in [0.4, 0.5) is 5.13 Å².